The van der Waals surface area contributed by atoms with Gasteiger partial charge in [-0.1, -0.05) is 0 Å². The zero-order valence-corrected chi connectivity index (χ0v) is 17.3. The van der Waals surface area contributed by atoms with E-state index in [0.29, 0.717) is 30.8 Å². The van der Waals surface area contributed by atoms with Crippen molar-refractivity contribution in [1.82, 2.24) is 29.9 Å². The fraction of sp³-hybridized carbons (Fsp3) is 0.857. The predicted molar refractivity (Wildman–Crippen MR) is 105 cm³/mol. The van der Waals surface area contributed by atoms with E-state index in [-0.39, 0.29) is 24.3 Å². The Labute approximate surface area is 175 Å². The van der Waals surface area contributed by atoms with Gasteiger partial charge in [0, 0.05) is 81.8 Å². The highest BCUT2D eigenvalue weighted by Gasteiger charge is 2.56. The van der Waals surface area contributed by atoms with Crippen LogP contribution in [0, 0.1) is 11.3 Å². The van der Waals surface area contributed by atoms with Gasteiger partial charge in [0.25, 0.3) is 5.92 Å². The lowest BCUT2D eigenvalue weighted by molar-refractivity contribution is -0.0701. The number of alkyl halides is 2. The topological polar surface area (TPSA) is 68.4 Å². The third-order valence-corrected chi connectivity index (χ3v) is 7.86. The molecule has 9 heteroatoms. The van der Waals surface area contributed by atoms with Crippen LogP contribution in [0.2, 0.25) is 0 Å². The minimum absolute atomic E-state index is 0.0328. The summed E-state index contributed by atoms with van der Waals surface area (Å²) in [7, 11) is 0. The van der Waals surface area contributed by atoms with E-state index in [1.165, 1.54) is 12.8 Å². The van der Waals surface area contributed by atoms with E-state index in [9.17, 15) is 13.6 Å². The molecule has 0 radical (unpaired) electrons. The lowest BCUT2D eigenvalue weighted by Gasteiger charge is -2.59. The largest absolute Gasteiger partial charge is 0.324 e. The van der Waals surface area contributed by atoms with Gasteiger partial charge in [0.1, 0.15) is 5.82 Å². The molecule has 3 aliphatic heterocycles. The summed E-state index contributed by atoms with van der Waals surface area (Å²) >= 11 is 0. The van der Waals surface area contributed by atoms with Gasteiger partial charge in [-0.25, -0.2) is 18.6 Å². The normalized spacial score (nSPS) is 28.9. The van der Waals surface area contributed by atoms with Crippen molar-refractivity contribution in [2.75, 3.05) is 45.8 Å². The van der Waals surface area contributed by atoms with Crippen molar-refractivity contribution in [1.29, 1.82) is 0 Å². The van der Waals surface area contributed by atoms with Gasteiger partial charge in [-0.05, 0) is 25.7 Å². The molecule has 1 N–H and O–H groups in total. The Morgan fingerprint density at radius 1 is 1.07 bits per heavy atom. The maximum atomic E-state index is 13.3. The van der Waals surface area contributed by atoms with Crippen molar-refractivity contribution in [2.45, 2.75) is 56.3 Å². The number of urea groups is 1. The number of aromatic nitrogens is 3. The maximum absolute atomic E-state index is 13.3. The Balaban J connectivity index is 0.916. The third kappa shape index (κ3) is 3.39. The van der Waals surface area contributed by atoms with Crippen LogP contribution in [-0.4, -0.2) is 87.6 Å². The van der Waals surface area contributed by atoms with E-state index in [1.807, 2.05) is 9.80 Å². The first-order valence-corrected chi connectivity index (χ1v) is 11.4. The van der Waals surface area contributed by atoms with Gasteiger partial charge < -0.3 is 14.7 Å². The van der Waals surface area contributed by atoms with Crippen molar-refractivity contribution in [3.63, 3.8) is 0 Å². The summed E-state index contributed by atoms with van der Waals surface area (Å²) < 4.78 is 26.5. The molecule has 1 aromatic heterocycles. The smallest absolute Gasteiger partial charge is 0.320 e. The van der Waals surface area contributed by atoms with Crippen molar-refractivity contribution in [3.8, 4) is 0 Å². The molecule has 0 atom stereocenters. The number of H-pyrrole nitrogens is 1. The number of carbonyl (C=O) groups excluding carboxylic acids is 1. The van der Waals surface area contributed by atoms with Gasteiger partial charge in [-0.3, -0.25) is 5.10 Å². The first kappa shape index (κ1) is 19.0. The molecule has 1 spiro atoms. The molecule has 2 saturated carbocycles. The van der Waals surface area contributed by atoms with Crippen molar-refractivity contribution in [3.05, 3.63) is 11.6 Å². The minimum Gasteiger partial charge on any atom is -0.324 e. The van der Waals surface area contributed by atoms with Gasteiger partial charge >= 0.3 is 6.03 Å². The van der Waals surface area contributed by atoms with Crippen LogP contribution >= 0.6 is 0 Å². The Morgan fingerprint density at radius 2 is 1.77 bits per heavy atom. The van der Waals surface area contributed by atoms with Crippen LogP contribution in [0.4, 0.5) is 13.6 Å². The first-order chi connectivity index (χ1) is 14.4. The number of likely N-dealkylation sites (tertiary alicyclic amines) is 3. The molecule has 5 aliphatic rings. The van der Waals surface area contributed by atoms with Gasteiger partial charge in [-0.2, -0.15) is 5.10 Å². The first-order valence-electron chi connectivity index (χ1n) is 11.4. The number of halogens is 2. The van der Waals surface area contributed by atoms with Crippen molar-refractivity contribution in [2.24, 2.45) is 11.3 Å². The number of amides is 2. The van der Waals surface area contributed by atoms with Gasteiger partial charge in [0.15, 0.2) is 5.82 Å². The Kier molecular flexibility index (Phi) is 4.18. The van der Waals surface area contributed by atoms with Gasteiger partial charge in [0.2, 0.25) is 0 Å². The molecule has 6 rings (SSSR count). The molecular formula is C21H30F2N6O. The number of nitrogens with one attached hydrogen (secondary N) is 1. The highest BCUT2D eigenvalue weighted by Crippen LogP contribution is 2.56. The Morgan fingerprint density at radius 3 is 2.43 bits per heavy atom. The fourth-order valence-corrected chi connectivity index (χ4v) is 5.80. The van der Waals surface area contributed by atoms with Gasteiger partial charge in [-0.15, -0.1) is 0 Å². The number of nitrogens with zero attached hydrogens (tertiary/aromatic N) is 5. The average molecular weight is 421 g/mol. The summed E-state index contributed by atoms with van der Waals surface area (Å²) in [5.41, 5.74) is 0.282. The fourth-order valence-electron chi connectivity index (χ4n) is 5.80. The van der Waals surface area contributed by atoms with E-state index in [4.69, 9.17) is 0 Å². The molecule has 2 aliphatic carbocycles. The summed E-state index contributed by atoms with van der Waals surface area (Å²) in [6.45, 7) is 5.01. The average Bonchev–Trinajstić information content (AvgIpc) is 3.35. The number of rotatable bonds is 4. The predicted octanol–water partition coefficient (Wildman–Crippen LogP) is 2.64. The Hall–Kier alpha value is -1.77. The lowest BCUT2D eigenvalue weighted by Crippen LogP contribution is -2.68. The van der Waals surface area contributed by atoms with Crippen LogP contribution in [0.1, 0.15) is 62.0 Å². The van der Waals surface area contributed by atoms with E-state index >= 15 is 0 Å². The number of hydrogen-bond donors (Lipinski definition) is 1. The van der Waals surface area contributed by atoms with E-state index < -0.39 is 5.92 Å². The standard InChI is InChI=1S/C21H30F2N6O/c22-21(23)3-5-27(6-4-21)9-14-10-28(11-14)19(30)29-12-20(13-29)7-16(8-20)18-24-17(25-26-18)15-1-2-15/h14-16H,1-13H2,(H,24,25,26). The van der Waals surface area contributed by atoms with Crippen LogP contribution in [0.3, 0.4) is 0 Å². The molecule has 0 bridgehead atoms. The van der Waals surface area contributed by atoms with E-state index in [2.05, 4.69) is 20.1 Å². The maximum Gasteiger partial charge on any atom is 0.320 e. The SMILES string of the molecule is O=C(N1CC(CN2CCC(F)(F)CC2)C1)N1CC2(CC(c3n[nH]c(C4CC4)n3)C2)C1. The summed E-state index contributed by atoms with van der Waals surface area (Å²) in [5.74, 6) is 1.01. The molecule has 164 valence electrons. The Bertz CT molecular complexity index is 809. The molecule has 7 nitrogen and oxygen atoms in total. The minimum atomic E-state index is -2.49. The molecule has 4 heterocycles. The molecule has 30 heavy (non-hydrogen) atoms. The molecule has 1 aromatic rings. The quantitative estimate of drug-likeness (QED) is 0.813. The molecule has 3 saturated heterocycles. The monoisotopic (exact) mass is 420 g/mol. The summed E-state index contributed by atoms with van der Waals surface area (Å²) in [4.78, 5) is 23.4. The zero-order chi connectivity index (χ0) is 20.5. The number of carbonyl (C=O) groups is 1. The highest BCUT2D eigenvalue weighted by molar-refractivity contribution is 5.76. The van der Waals surface area contributed by atoms with Gasteiger partial charge in [0.05, 0.1) is 0 Å². The summed E-state index contributed by atoms with van der Waals surface area (Å²) in [6.07, 6.45) is 4.56. The molecule has 2 amide bonds. The van der Waals surface area contributed by atoms with Crippen molar-refractivity contribution < 1.29 is 13.6 Å². The third-order valence-electron chi connectivity index (χ3n) is 7.86. The molecule has 0 aromatic carbocycles. The molecule has 5 fully saturated rings. The summed E-state index contributed by atoms with van der Waals surface area (Å²) in [5, 5.41) is 7.52. The van der Waals surface area contributed by atoms with Crippen LogP contribution in [0.25, 0.3) is 0 Å². The highest BCUT2D eigenvalue weighted by atomic mass is 19.3. The van der Waals surface area contributed by atoms with Crippen LogP contribution < -0.4 is 0 Å². The number of aromatic amines is 1. The van der Waals surface area contributed by atoms with E-state index in [0.717, 1.165) is 57.2 Å². The molecule has 0 unspecified atom stereocenters. The second-order valence-electron chi connectivity index (χ2n) is 10.5. The van der Waals surface area contributed by atoms with E-state index in [1.54, 1.807) is 0 Å². The van der Waals surface area contributed by atoms with Crippen LogP contribution in [0.15, 0.2) is 0 Å². The second-order valence-corrected chi connectivity index (χ2v) is 10.5. The van der Waals surface area contributed by atoms with Crippen molar-refractivity contribution >= 4 is 6.03 Å². The number of piperidine rings is 1. The summed E-state index contributed by atoms with van der Waals surface area (Å²) in [6, 6.07) is 0.152. The second kappa shape index (κ2) is 6.61. The zero-order valence-electron chi connectivity index (χ0n) is 17.3. The molecular weight excluding hydrogens is 390 g/mol. The van der Waals surface area contributed by atoms with Crippen LogP contribution in [-0.2, 0) is 0 Å². The lowest BCUT2D eigenvalue weighted by atomic mass is 9.57. The number of hydrogen-bond acceptors (Lipinski definition) is 4. The van der Waals surface area contributed by atoms with Crippen LogP contribution in [0.5, 0.6) is 0 Å².